The average molecular weight is 711 g/mol. The minimum absolute atomic E-state index is 0.00998. The van der Waals surface area contributed by atoms with Crippen LogP contribution in [0.15, 0.2) is 48.6 Å². The molecule has 0 rings (SSSR count). The fraction of sp³-hybridized carbons (Fsp3) is 0.775. The molecule has 0 saturated carbocycles. The first kappa shape index (κ1) is 47.5. The van der Waals surface area contributed by atoms with Crippen LogP contribution >= 0.6 is 7.82 Å². The zero-order valence-electron chi connectivity index (χ0n) is 32.1. The van der Waals surface area contributed by atoms with Gasteiger partial charge >= 0.3 is 0 Å². The Morgan fingerprint density at radius 3 is 1.82 bits per heavy atom. The molecule has 8 nitrogen and oxygen atoms in total. The molecule has 0 saturated heterocycles. The molecule has 3 atom stereocenters. The molecule has 49 heavy (non-hydrogen) atoms. The van der Waals surface area contributed by atoms with Crippen molar-refractivity contribution >= 4 is 13.7 Å². The van der Waals surface area contributed by atoms with Crippen LogP contribution in [0.4, 0.5) is 0 Å². The van der Waals surface area contributed by atoms with Gasteiger partial charge in [0, 0.05) is 6.42 Å². The van der Waals surface area contributed by atoms with E-state index in [1.54, 1.807) is 6.08 Å². The highest BCUT2D eigenvalue weighted by Gasteiger charge is 2.23. The van der Waals surface area contributed by atoms with Crippen LogP contribution in [0.3, 0.4) is 0 Å². The zero-order chi connectivity index (χ0) is 36.5. The minimum atomic E-state index is -4.59. The Kier molecular flexibility index (Phi) is 31.4. The van der Waals surface area contributed by atoms with Gasteiger partial charge in [0.25, 0.3) is 7.82 Å². The van der Waals surface area contributed by atoms with Crippen molar-refractivity contribution in [1.29, 1.82) is 0 Å². The van der Waals surface area contributed by atoms with Gasteiger partial charge in [-0.25, -0.2) is 0 Å². The predicted molar refractivity (Wildman–Crippen MR) is 205 cm³/mol. The van der Waals surface area contributed by atoms with E-state index in [4.69, 9.17) is 9.05 Å². The highest BCUT2D eigenvalue weighted by Crippen LogP contribution is 2.38. The molecular formula is C40H75N2O6P. The molecule has 0 aliphatic carbocycles. The molecule has 0 spiro atoms. The number of nitrogens with zero attached hydrogens (tertiary/aromatic N) is 1. The number of rotatable bonds is 34. The highest BCUT2D eigenvalue weighted by molar-refractivity contribution is 7.45. The summed E-state index contributed by atoms with van der Waals surface area (Å²) >= 11 is 0. The summed E-state index contributed by atoms with van der Waals surface area (Å²) in [5.74, 6) is -0.221. The van der Waals surface area contributed by atoms with Crippen molar-refractivity contribution in [3.05, 3.63) is 48.6 Å². The number of unbranched alkanes of at least 4 members (excludes halogenated alkanes) is 15. The molecule has 286 valence electrons. The lowest BCUT2D eigenvalue weighted by molar-refractivity contribution is -0.870. The van der Waals surface area contributed by atoms with E-state index in [-0.39, 0.29) is 12.5 Å². The van der Waals surface area contributed by atoms with E-state index in [0.29, 0.717) is 17.4 Å². The number of nitrogens with one attached hydrogen (secondary N) is 1. The monoisotopic (exact) mass is 711 g/mol. The largest absolute Gasteiger partial charge is 0.756 e. The number of likely N-dealkylation sites (N-methyl/N-ethyl adjacent to an activating group) is 1. The minimum Gasteiger partial charge on any atom is -0.756 e. The number of hydrogen-bond acceptors (Lipinski definition) is 6. The predicted octanol–water partition coefficient (Wildman–Crippen LogP) is 9.50. The summed E-state index contributed by atoms with van der Waals surface area (Å²) in [7, 11) is 1.23. The summed E-state index contributed by atoms with van der Waals surface area (Å²) in [5, 5.41) is 13.6. The molecule has 0 aromatic carbocycles. The quantitative estimate of drug-likeness (QED) is 0.0298. The third kappa shape index (κ3) is 34.7. The van der Waals surface area contributed by atoms with Crippen molar-refractivity contribution < 1.29 is 32.9 Å². The number of phosphoric ester groups is 1. The Labute approximate surface area is 301 Å². The van der Waals surface area contributed by atoms with E-state index in [2.05, 4.69) is 55.6 Å². The first-order valence-electron chi connectivity index (χ1n) is 19.5. The number of carbonyl (C=O) groups is 1. The summed E-state index contributed by atoms with van der Waals surface area (Å²) in [6, 6.07) is -0.904. The van der Waals surface area contributed by atoms with E-state index in [9.17, 15) is 19.4 Å². The lowest BCUT2D eigenvalue weighted by atomic mass is 10.1. The Morgan fingerprint density at radius 2 is 1.20 bits per heavy atom. The molecule has 1 amide bonds. The van der Waals surface area contributed by atoms with Gasteiger partial charge in [-0.2, -0.15) is 0 Å². The van der Waals surface area contributed by atoms with Gasteiger partial charge in [0.2, 0.25) is 5.91 Å². The van der Waals surface area contributed by atoms with E-state index in [1.807, 2.05) is 27.2 Å². The maximum Gasteiger partial charge on any atom is 0.268 e. The van der Waals surface area contributed by atoms with Crippen LogP contribution in [0.25, 0.3) is 0 Å². The van der Waals surface area contributed by atoms with Gasteiger partial charge in [-0.3, -0.25) is 9.36 Å². The normalized spacial score (nSPS) is 15.2. The maximum absolute atomic E-state index is 12.8. The number of allylic oxidation sites excluding steroid dienone is 7. The van der Waals surface area contributed by atoms with Gasteiger partial charge in [0.05, 0.1) is 39.9 Å². The van der Waals surface area contributed by atoms with E-state index < -0.39 is 26.6 Å². The topological polar surface area (TPSA) is 108 Å². The third-order valence-electron chi connectivity index (χ3n) is 8.26. The number of carbonyl (C=O) groups excluding carboxylic acids is 1. The molecule has 0 fully saturated rings. The van der Waals surface area contributed by atoms with Crippen molar-refractivity contribution in [2.24, 2.45) is 0 Å². The number of amides is 1. The summed E-state index contributed by atoms with van der Waals surface area (Å²) in [5.41, 5.74) is 0. The van der Waals surface area contributed by atoms with Crippen LogP contribution < -0.4 is 10.2 Å². The molecule has 3 unspecified atom stereocenters. The number of phosphoric acid groups is 1. The molecule has 0 aliphatic heterocycles. The molecule has 0 radical (unpaired) electrons. The van der Waals surface area contributed by atoms with Crippen LogP contribution in [0.5, 0.6) is 0 Å². The average Bonchev–Trinajstić information content (AvgIpc) is 3.04. The smallest absolute Gasteiger partial charge is 0.268 e. The molecule has 2 N–H and O–H groups in total. The van der Waals surface area contributed by atoms with Crippen LogP contribution in [0, 0.1) is 0 Å². The van der Waals surface area contributed by atoms with Crippen molar-refractivity contribution in [3.8, 4) is 0 Å². The molecule has 0 bridgehead atoms. The Hall–Kier alpha value is -1.54. The number of aliphatic hydroxyl groups is 1. The second-order valence-corrected chi connectivity index (χ2v) is 15.7. The van der Waals surface area contributed by atoms with Gasteiger partial charge < -0.3 is 28.8 Å². The van der Waals surface area contributed by atoms with Crippen molar-refractivity contribution in [1.82, 2.24) is 5.32 Å². The van der Waals surface area contributed by atoms with Crippen LogP contribution in [0.2, 0.25) is 0 Å². The van der Waals surface area contributed by atoms with Gasteiger partial charge in [-0.15, -0.1) is 0 Å². The van der Waals surface area contributed by atoms with Gasteiger partial charge in [-0.1, -0.05) is 127 Å². The molecule has 0 aromatic heterocycles. The summed E-state index contributed by atoms with van der Waals surface area (Å²) in [4.78, 5) is 25.1. The zero-order valence-corrected chi connectivity index (χ0v) is 33.0. The SMILES string of the molecule is CCCCC/C=C/CC/C=C/C(O)C(COP(=O)([O-])OCC[N+](C)(C)C)NC(=O)CCCCCCCCC/C=C\C/C=C\CCCCCC. The van der Waals surface area contributed by atoms with Gasteiger partial charge in [-0.05, 0) is 64.2 Å². The fourth-order valence-corrected chi connectivity index (χ4v) is 5.80. The van der Waals surface area contributed by atoms with E-state index in [0.717, 1.165) is 57.8 Å². The first-order valence-corrected chi connectivity index (χ1v) is 21.0. The molecule has 9 heteroatoms. The second kappa shape index (κ2) is 32.4. The van der Waals surface area contributed by atoms with Gasteiger partial charge in [0.15, 0.2) is 0 Å². The first-order chi connectivity index (χ1) is 23.5. The third-order valence-corrected chi connectivity index (χ3v) is 9.23. The lowest BCUT2D eigenvalue weighted by Gasteiger charge is -2.29. The fourth-order valence-electron chi connectivity index (χ4n) is 5.08. The number of hydrogen-bond donors (Lipinski definition) is 2. The summed E-state index contributed by atoms with van der Waals surface area (Å²) in [6.45, 7) is 4.52. The highest BCUT2D eigenvalue weighted by atomic mass is 31.2. The Morgan fingerprint density at radius 1 is 0.714 bits per heavy atom. The van der Waals surface area contributed by atoms with Crippen LogP contribution in [0.1, 0.15) is 149 Å². The van der Waals surface area contributed by atoms with Crippen LogP contribution in [-0.4, -0.2) is 68.5 Å². The van der Waals surface area contributed by atoms with Crippen molar-refractivity contribution in [2.75, 3.05) is 40.9 Å². The lowest BCUT2D eigenvalue weighted by Crippen LogP contribution is -2.45. The van der Waals surface area contributed by atoms with Crippen molar-refractivity contribution in [2.45, 2.75) is 161 Å². The number of quaternary nitrogens is 1. The summed E-state index contributed by atoms with van der Waals surface area (Å²) < 4.78 is 23.0. The summed E-state index contributed by atoms with van der Waals surface area (Å²) in [6.07, 6.45) is 38.8. The molecule has 0 aliphatic rings. The Bertz CT molecular complexity index is 944. The maximum atomic E-state index is 12.8. The van der Waals surface area contributed by atoms with Crippen LogP contribution in [-0.2, 0) is 18.4 Å². The van der Waals surface area contributed by atoms with E-state index in [1.165, 1.54) is 70.6 Å². The molecule has 0 heterocycles. The molecular weight excluding hydrogens is 635 g/mol. The second-order valence-electron chi connectivity index (χ2n) is 14.3. The molecule has 0 aromatic rings. The number of aliphatic hydroxyl groups excluding tert-OH is 1. The van der Waals surface area contributed by atoms with Crippen molar-refractivity contribution in [3.63, 3.8) is 0 Å². The van der Waals surface area contributed by atoms with E-state index >= 15 is 0 Å². The Balaban J connectivity index is 4.46. The standard InChI is InChI=1S/C40H75N2O6P/c1-6-8-10-12-14-16-17-18-19-20-21-22-23-24-26-28-30-32-34-40(44)41-38(37-48-49(45,46)47-36-35-42(3,4)5)39(43)33-31-29-27-25-15-13-11-9-7-2/h15-17,19-20,25,31,33,38-39,43H,6-14,18,21-24,26-30,32,34-37H2,1-5H3,(H-,41,44,45,46)/b17-16-,20-19-,25-15+,33-31+. The van der Waals surface area contributed by atoms with Gasteiger partial charge in [0.1, 0.15) is 13.2 Å².